The minimum Gasteiger partial charge on any atom is -0.469 e. The van der Waals surface area contributed by atoms with Gasteiger partial charge in [0.25, 0.3) is 0 Å². The minimum atomic E-state index is -1.40. The Labute approximate surface area is 343 Å². The van der Waals surface area contributed by atoms with Crippen LogP contribution >= 0.6 is 0 Å². The van der Waals surface area contributed by atoms with E-state index < -0.39 is 81.9 Å². The number of rotatable bonds is 6. The molecule has 0 saturated heterocycles. The number of carbonyl (C=O) groups excluding carboxylic acids is 6. The molecule has 0 aromatic rings. The molecule has 0 amide bonds. The standard InChI is InChI=1S/C46H64O12/c1-27(2)33-17-15-31-13-11-21-43(7,57-39(31)49)37(55-29(5)47)19-23-45(41(51)53-9)35(25-33)46(42(52)54-10)24-20-38(56-30(6)48)44(8)22-12-14-32(40(50)58-44)16-18-34(28(3)4)26-36(45)46/h13-14,25-28,35-38H,11-12,15-24H2,1-10H3/b33-25-,34-26+/t35?,36?,37-,38-,43+,44+,45?,46?/m0/s1. The van der Waals surface area contributed by atoms with Crippen LogP contribution in [0, 0.1) is 34.5 Å². The fraction of sp³-hybridized carbons (Fsp3) is 0.696. The second kappa shape index (κ2) is 17.6. The van der Waals surface area contributed by atoms with Crippen molar-refractivity contribution >= 4 is 35.8 Å². The number of methoxy groups -OCH3 is 2. The molecule has 1 saturated carbocycles. The molecule has 8 atom stereocenters. The zero-order chi connectivity index (χ0) is 42.8. The van der Waals surface area contributed by atoms with E-state index in [-0.39, 0.29) is 37.5 Å². The quantitative estimate of drug-likeness (QED) is 0.146. The van der Waals surface area contributed by atoms with Crippen molar-refractivity contribution in [2.75, 3.05) is 14.2 Å². The van der Waals surface area contributed by atoms with Crippen LogP contribution in [0.4, 0.5) is 0 Å². The third-order valence-electron chi connectivity index (χ3n) is 13.8. The summed E-state index contributed by atoms with van der Waals surface area (Å²) in [7, 11) is 2.68. The molecule has 4 heterocycles. The predicted octanol–water partition coefficient (Wildman–Crippen LogP) is 7.77. The molecule has 58 heavy (non-hydrogen) atoms. The lowest BCUT2D eigenvalue weighted by atomic mass is 9.35. The Kier molecular flexibility index (Phi) is 13.6. The monoisotopic (exact) mass is 808 g/mol. The largest absolute Gasteiger partial charge is 0.469 e. The first-order chi connectivity index (χ1) is 27.3. The maximum atomic E-state index is 15.0. The molecule has 320 valence electrons. The van der Waals surface area contributed by atoms with Gasteiger partial charge in [-0.3, -0.25) is 19.2 Å². The second-order valence-corrected chi connectivity index (χ2v) is 18.0. The third kappa shape index (κ3) is 8.44. The molecule has 0 radical (unpaired) electrons. The highest BCUT2D eigenvalue weighted by Gasteiger charge is 2.76. The minimum absolute atomic E-state index is 0.0493. The van der Waals surface area contributed by atoms with Gasteiger partial charge in [0.15, 0.2) is 0 Å². The van der Waals surface area contributed by atoms with Gasteiger partial charge in [-0.05, 0) is 103 Å². The zero-order valence-corrected chi connectivity index (χ0v) is 36.2. The molecule has 4 unspecified atom stereocenters. The summed E-state index contributed by atoms with van der Waals surface area (Å²) in [5.41, 5.74) is -2.31. The normalized spacial score (nSPS) is 36.3. The van der Waals surface area contributed by atoms with Gasteiger partial charge in [0, 0.05) is 36.8 Å². The van der Waals surface area contributed by atoms with Gasteiger partial charge in [-0.1, -0.05) is 63.1 Å². The molecule has 0 aromatic carbocycles. The molecule has 0 aromatic heterocycles. The van der Waals surface area contributed by atoms with Crippen LogP contribution < -0.4 is 0 Å². The average molecular weight is 809 g/mol. The van der Waals surface area contributed by atoms with Crippen molar-refractivity contribution in [2.24, 2.45) is 34.5 Å². The fourth-order valence-electron chi connectivity index (χ4n) is 10.5. The average Bonchev–Trinajstić information content (AvgIpc) is 3.39. The molecule has 5 aliphatic rings. The summed E-state index contributed by atoms with van der Waals surface area (Å²) in [5, 5.41) is 0. The predicted molar refractivity (Wildman–Crippen MR) is 213 cm³/mol. The number of carbonyl (C=O) groups is 6. The van der Waals surface area contributed by atoms with Gasteiger partial charge < -0.3 is 28.4 Å². The van der Waals surface area contributed by atoms with Gasteiger partial charge in [0.2, 0.25) is 0 Å². The van der Waals surface area contributed by atoms with Gasteiger partial charge in [-0.2, -0.15) is 0 Å². The van der Waals surface area contributed by atoms with Crippen LogP contribution in [0.1, 0.15) is 132 Å². The van der Waals surface area contributed by atoms with Gasteiger partial charge in [0.05, 0.1) is 25.0 Å². The van der Waals surface area contributed by atoms with Crippen molar-refractivity contribution in [3.05, 3.63) is 46.6 Å². The molecule has 0 spiro atoms. The third-order valence-corrected chi connectivity index (χ3v) is 13.8. The zero-order valence-electron chi connectivity index (χ0n) is 36.2. The Hall–Kier alpha value is -4.22. The van der Waals surface area contributed by atoms with Crippen molar-refractivity contribution < 1.29 is 57.2 Å². The summed E-state index contributed by atoms with van der Waals surface area (Å²) in [6.07, 6.45) is 9.87. The lowest BCUT2D eigenvalue weighted by Gasteiger charge is -2.65. The van der Waals surface area contributed by atoms with E-state index in [1.165, 1.54) is 28.1 Å². The second-order valence-electron chi connectivity index (χ2n) is 18.0. The maximum absolute atomic E-state index is 15.0. The van der Waals surface area contributed by atoms with E-state index in [4.69, 9.17) is 28.4 Å². The van der Waals surface area contributed by atoms with Crippen LogP contribution in [0.3, 0.4) is 0 Å². The Balaban J connectivity index is 1.85. The molecular weight excluding hydrogens is 744 g/mol. The summed E-state index contributed by atoms with van der Waals surface area (Å²) >= 11 is 0. The molecule has 1 aliphatic carbocycles. The summed E-state index contributed by atoms with van der Waals surface area (Å²) in [4.78, 5) is 83.0. The Morgan fingerprint density at radius 3 is 1.29 bits per heavy atom. The van der Waals surface area contributed by atoms with Gasteiger partial charge in [0.1, 0.15) is 23.4 Å². The Morgan fingerprint density at radius 2 is 0.983 bits per heavy atom. The van der Waals surface area contributed by atoms with Gasteiger partial charge in [-0.15, -0.1) is 0 Å². The van der Waals surface area contributed by atoms with Crippen LogP contribution in [-0.4, -0.2) is 73.4 Å². The van der Waals surface area contributed by atoms with E-state index >= 15 is 0 Å². The number of esters is 6. The number of allylic oxidation sites excluding steroid dienone is 6. The Morgan fingerprint density at radius 1 is 0.621 bits per heavy atom. The molecule has 5 rings (SSSR count). The van der Waals surface area contributed by atoms with E-state index in [1.807, 2.05) is 52.0 Å². The highest BCUT2D eigenvalue weighted by molar-refractivity contribution is 5.91. The van der Waals surface area contributed by atoms with Crippen LogP contribution in [0.15, 0.2) is 46.6 Å². The number of fused-ring (bicyclic) bond motifs is 10. The van der Waals surface area contributed by atoms with Crippen molar-refractivity contribution in [2.45, 2.75) is 156 Å². The van der Waals surface area contributed by atoms with Crippen LogP contribution in [0.25, 0.3) is 0 Å². The van der Waals surface area contributed by atoms with E-state index in [0.717, 1.165) is 11.1 Å². The van der Waals surface area contributed by atoms with E-state index in [1.54, 1.807) is 13.8 Å². The summed E-state index contributed by atoms with van der Waals surface area (Å²) in [5.74, 6) is -4.85. The van der Waals surface area contributed by atoms with Gasteiger partial charge >= 0.3 is 35.8 Å². The first-order valence-electron chi connectivity index (χ1n) is 21.0. The van der Waals surface area contributed by atoms with Crippen LogP contribution in [-0.2, 0) is 57.2 Å². The first-order valence-corrected chi connectivity index (χ1v) is 21.0. The lowest BCUT2D eigenvalue weighted by molar-refractivity contribution is -0.223. The van der Waals surface area contributed by atoms with E-state index in [0.29, 0.717) is 62.5 Å². The summed E-state index contributed by atoms with van der Waals surface area (Å²) < 4.78 is 36.0. The first kappa shape index (κ1) is 44.9. The molecular formula is C46H64O12. The smallest absolute Gasteiger partial charge is 0.334 e. The molecule has 12 nitrogen and oxygen atoms in total. The van der Waals surface area contributed by atoms with Crippen LogP contribution in [0.5, 0.6) is 0 Å². The van der Waals surface area contributed by atoms with Crippen LogP contribution in [0.2, 0.25) is 0 Å². The van der Waals surface area contributed by atoms with Crippen molar-refractivity contribution in [1.82, 2.24) is 0 Å². The van der Waals surface area contributed by atoms with Crippen molar-refractivity contribution in [1.29, 1.82) is 0 Å². The lowest BCUT2D eigenvalue weighted by Crippen LogP contribution is -2.70. The topological polar surface area (TPSA) is 158 Å². The molecule has 1 fully saturated rings. The maximum Gasteiger partial charge on any atom is 0.334 e. The number of hydrogen-bond donors (Lipinski definition) is 0. The number of ether oxygens (including phenoxy) is 6. The van der Waals surface area contributed by atoms with Crippen molar-refractivity contribution in [3.8, 4) is 0 Å². The van der Waals surface area contributed by atoms with E-state index in [2.05, 4.69) is 0 Å². The molecule has 0 N–H and O–H groups in total. The summed E-state index contributed by atoms with van der Waals surface area (Å²) in [6, 6.07) is 0. The SMILES string of the molecule is COC(=O)C12CC[C@H](OC(C)=O)[C@@]3(C)CCC=C(CC/C(C(C)C)=C/C1C1(C(=O)OC)CC[C@H](OC(C)=O)[C@@]4(C)CCC=C(CC/C(C(C)C)=C\C21)C(=O)O4)C(=O)O3. The molecule has 12 heteroatoms. The molecule has 4 aliphatic heterocycles. The fourth-order valence-corrected chi connectivity index (χ4v) is 10.5. The number of hydrogen-bond acceptors (Lipinski definition) is 12. The highest BCUT2D eigenvalue weighted by atomic mass is 16.6. The van der Waals surface area contributed by atoms with Gasteiger partial charge in [-0.25, -0.2) is 9.59 Å². The van der Waals surface area contributed by atoms with Crippen molar-refractivity contribution in [3.63, 3.8) is 0 Å². The molecule has 4 bridgehead atoms. The summed E-state index contributed by atoms with van der Waals surface area (Å²) in [6.45, 7) is 14.3. The van der Waals surface area contributed by atoms with E-state index in [9.17, 15) is 28.8 Å². The Bertz CT molecular complexity index is 1640. The highest BCUT2D eigenvalue weighted by Crippen LogP contribution is 2.71.